The highest BCUT2D eigenvalue weighted by atomic mass is 16.6. The van der Waals surface area contributed by atoms with E-state index in [2.05, 4.69) is 5.32 Å². The molecule has 0 unspecified atom stereocenters. The van der Waals surface area contributed by atoms with Crippen molar-refractivity contribution < 1.29 is 14.3 Å². The number of rotatable bonds is 3. The molecular weight excluding hydrogens is 256 g/mol. The van der Waals surface area contributed by atoms with Gasteiger partial charge in [0.2, 0.25) is 0 Å². The van der Waals surface area contributed by atoms with Gasteiger partial charge in [-0.05, 0) is 25.7 Å². The van der Waals surface area contributed by atoms with E-state index in [1.807, 2.05) is 4.90 Å². The Hall–Kier alpha value is -0.650. The minimum Gasteiger partial charge on any atom is -0.376 e. The second kappa shape index (κ2) is 6.87. The third kappa shape index (κ3) is 3.51. The van der Waals surface area contributed by atoms with Gasteiger partial charge in [0, 0.05) is 25.2 Å². The lowest BCUT2D eigenvalue weighted by molar-refractivity contribution is -0.159. The number of carbonyl (C=O) groups excluding carboxylic acids is 1. The fourth-order valence-corrected chi connectivity index (χ4v) is 3.53. The average Bonchev–Trinajstić information content (AvgIpc) is 3.01. The number of hydrogen-bond donors (Lipinski definition) is 1. The highest BCUT2D eigenvalue weighted by molar-refractivity contribution is 5.81. The van der Waals surface area contributed by atoms with Crippen LogP contribution < -0.4 is 5.32 Å². The van der Waals surface area contributed by atoms with Crippen LogP contribution in [0.3, 0.4) is 0 Å². The zero-order valence-electron chi connectivity index (χ0n) is 12.2. The molecule has 1 amide bonds. The van der Waals surface area contributed by atoms with Gasteiger partial charge in [0.1, 0.15) is 0 Å². The number of hydrogen-bond acceptors (Lipinski definition) is 4. The van der Waals surface area contributed by atoms with Gasteiger partial charge in [-0.25, -0.2) is 0 Å². The summed E-state index contributed by atoms with van der Waals surface area (Å²) in [6.45, 7) is 3.26. The van der Waals surface area contributed by atoms with E-state index in [4.69, 9.17) is 9.47 Å². The molecule has 20 heavy (non-hydrogen) atoms. The molecule has 2 saturated heterocycles. The molecule has 0 spiro atoms. The second-order valence-electron chi connectivity index (χ2n) is 6.18. The van der Waals surface area contributed by atoms with E-state index in [1.54, 1.807) is 0 Å². The Morgan fingerprint density at radius 1 is 1.00 bits per heavy atom. The lowest BCUT2D eigenvalue weighted by atomic mass is 10.0. The molecule has 0 bridgehead atoms. The molecule has 0 aromatic rings. The van der Waals surface area contributed by atoms with Crippen LogP contribution in [0.4, 0.5) is 0 Å². The highest BCUT2D eigenvalue weighted by Gasteiger charge is 2.31. The molecular formula is C15H26N2O3. The molecule has 0 radical (unpaired) electrons. The van der Waals surface area contributed by atoms with E-state index in [9.17, 15) is 4.79 Å². The molecule has 2 aliphatic heterocycles. The summed E-state index contributed by atoms with van der Waals surface area (Å²) in [4.78, 5) is 14.3. The fourth-order valence-electron chi connectivity index (χ4n) is 3.53. The second-order valence-corrected chi connectivity index (χ2v) is 6.18. The summed E-state index contributed by atoms with van der Waals surface area (Å²) in [5.74, 6) is 0.115. The Kier molecular flexibility index (Phi) is 4.91. The topological polar surface area (TPSA) is 50.8 Å². The van der Waals surface area contributed by atoms with E-state index in [0.717, 1.165) is 32.0 Å². The van der Waals surface area contributed by atoms with Crippen molar-refractivity contribution in [3.8, 4) is 0 Å². The molecule has 3 aliphatic rings. The van der Waals surface area contributed by atoms with Crippen LogP contribution in [0.25, 0.3) is 0 Å². The molecule has 1 aliphatic carbocycles. The molecule has 5 heteroatoms. The van der Waals surface area contributed by atoms with Crippen LogP contribution in [0.1, 0.15) is 38.5 Å². The first-order valence-corrected chi connectivity index (χ1v) is 8.07. The SMILES string of the molecule is O=C([C@@H]1COCCO1)N1CCC(NC2CCCC2)CC1. The van der Waals surface area contributed by atoms with Crippen molar-refractivity contribution in [2.75, 3.05) is 32.9 Å². The van der Waals surface area contributed by atoms with Crippen molar-refractivity contribution in [2.45, 2.75) is 56.7 Å². The molecule has 5 nitrogen and oxygen atoms in total. The Balaban J connectivity index is 1.41. The number of amides is 1. The summed E-state index contributed by atoms with van der Waals surface area (Å²) in [7, 11) is 0. The van der Waals surface area contributed by atoms with Gasteiger partial charge in [0.05, 0.1) is 19.8 Å². The van der Waals surface area contributed by atoms with Crippen LogP contribution in [-0.2, 0) is 14.3 Å². The number of carbonyl (C=O) groups is 1. The van der Waals surface area contributed by atoms with E-state index < -0.39 is 0 Å². The van der Waals surface area contributed by atoms with Crippen LogP contribution in [0.2, 0.25) is 0 Å². The molecule has 0 aromatic heterocycles. The third-order valence-electron chi connectivity index (χ3n) is 4.72. The highest BCUT2D eigenvalue weighted by Crippen LogP contribution is 2.21. The van der Waals surface area contributed by atoms with Crippen molar-refractivity contribution in [1.82, 2.24) is 10.2 Å². The average molecular weight is 282 g/mol. The summed E-state index contributed by atoms with van der Waals surface area (Å²) < 4.78 is 10.8. The number of piperidine rings is 1. The summed E-state index contributed by atoms with van der Waals surface area (Å²) in [5.41, 5.74) is 0. The van der Waals surface area contributed by atoms with Gasteiger partial charge in [-0.2, -0.15) is 0 Å². The molecule has 1 atom stereocenters. The van der Waals surface area contributed by atoms with Gasteiger partial charge >= 0.3 is 0 Å². The lowest BCUT2D eigenvalue weighted by Gasteiger charge is -2.36. The quantitative estimate of drug-likeness (QED) is 0.836. The zero-order valence-corrected chi connectivity index (χ0v) is 12.2. The standard InChI is InChI=1S/C15H26N2O3/c18-15(14-11-19-9-10-20-14)17-7-5-13(6-8-17)16-12-3-1-2-4-12/h12-14,16H,1-11H2/t14-/m0/s1. The van der Waals surface area contributed by atoms with Gasteiger partial charge in [-0.1, -0.05) is 12.8 Å². The first kappa shape index (κ1) is 14.3. The molecule has 1 saturated carbocycles. The van der Waals surface area contributed by atoms with E-state index in [-0.39, 0.29) is 12.0 Å². The first-order chi connectivity index (χ1) is 9.83. The number of nitrogens with zero attached hydrogens (tertiary/aromatic N) is 1. The largest absolute Gasteiger partial charge is 0.376 e. The Morgan fingerprint density at radius 2 is 1.70 bits per heavy atom. The van der Waals surface area contributed by atoms with Gasteiger partial charge in [-0.3, -0.25) is 4.79 Å². The van der Waals surface area contributed by atoms with Gasteiger partial charge in [-0.15, -0.1) is 0 Å². The van der Waals surface area contributed by atoms with Gasteiger partial charge in [0.15, 0.2) is 6.10 Å². The summed E-state index contributed by atoms with van der Waals surface area (Å²) in [5, 5.41) is 3.76. The third-order valence-corrected chi connectivity index (χ3v) is 4.72. The summed E-state index contributed by atoms with van der Waals surface area (Å²) in [6, 6.07) is 1.31. The maximum absolute atomic E-state index is 12.3. The molecule has 3 fully saturated rings. The maximum Gasteiger partial charge on any atom is 0.254 e. The Bertz CT molecular complexity index is 317. The predicted octanol–water partition coefficient (Wildman–Crippen LogP) is 0.925. The van der Waals surface area contributed by atoms with Crippen LogP contribution in [0.15, 0.2) is 0 Å². The molecule has 0 aromatic carbocycles. The summed E-state index contributed by atoms with van der Waals surface area (Å²) >= 11 is 0. The van der Waals surface area contributed by atoms with Crippen molar-refractivity contribution in [3.05, 3.63) is 0 Å². The minimum atomic E-state index is -0.372. The molecule has 1 N–H and O–H groups in total. The number of ether oxygens (including phenoxy) is 2. The van der Waals surface area contributed by atoms with Crippen molar-refractivity contribution in [3.63, 3.8) is 0 Å². The normalized spacial score (nSPS) is 29.8. The predicted molar refractivity (Wildman–Crippen MR) is 75.6 cm³/mol. The summed E-state index contributed by atoms with van der Waals surface area (Å²) in [6.07, 6.45) is 7.15. The number of likely N-dealkylation sites (tertiary alicyclic amines) is 1. The van der Waals surface area contributed by atoms with Crippen LogP contribution in [-0.4, -0.2) is 61.9 Å². The zero-order chi connectivity index (χ0) is 13.8. The lowest BCUT2D eigenvalue weighted by Crippen LogP contribution is -2.51. The van der Waals surface area contributed by atoms with Crippen LogP contribution >= 0.6 is 0 Å². The minimum absolute atomic E-state index is 0.115. The monoisotopic (exact) mass is 282 g/mol. The molecule has 114 valence electrons. The van der Waals surface area contributed by atoms with Gasteiger partial charge < -0.3 is 19.7 Å². The Labute approximate surface area is 121 Å². The van der Waals surface area contributed by atoms with E-state index >= 15 is 0 Å². The van der Waals surface area contributed by atoms with Crippen LogP contribution in [0, 0.1) is 0 Å². The van der Waals surface area contributed by atoms with Crippen molar-refractivity contribution in [2.24, 2.45) is 0 Å². The maximum atomic E-state index is 12.3. The molecule has 3 rings (SSSR count). The molecule has 2 heterocycles. The van der Waals surface area contributed by atoms with E-state index in [1.165, 1.54) is 25.7 Å². The smallest absolute Gasteiger partial charge is 0.254 e. The number of nitrogens with one attached hydrogen (secondary N) is 1. The van der Waals surface area contributed by atoms with E-state index in [0.29, 0.717) is 25.9 Å². The van der Waals surface area contributed by atoms with Crippen molar-refractivity contribution >= 4 is 5.91 Å². The first-order valence-electron chi connectivity index (χ1n) is 8.07. The van der Waals surface area contributed by atoms with Crippen molar-refractivity contribution in [1.29, 1.82) is 0 Å². The van der Waals surface area contributed by atoms with Crippen LogP contribution in [0.5, 0.6) is 0 Å². The fraction of sp³-hybridized carbons (Fsp3) is 0.933. The van der Waals surface area contributed by atoms with Gasteiger partial charge in [0.25, 0.3) is 5.91 Å². The Morgan fingerprint density at radius 3 is 2.35 bits per heavy atom.